The molecule has 0 bridgehead atoms. The highest BCUT2D eigenvalue weighted by Crippen LogP contribution is 2.20. The van der Waals surface area contributed by atoms with Crippen molar-refractivity contribution in [2.75, 3.05) is 0 Å². The molecule has 0 fully saturated rings. The summed E-state index contributed by atoms with van der Waals surface area (Å²) < 4.78 is 0. The Bertz CT molecular complexity index is 357. The molecule has 11 heavy (non-hydrogen) atoms. The third kappa shape index (κ3) is 0.886. The van der Waals surface area contributed by atoms with Crippen molar-refractivity contribution in [1.82, 2.24) is 15.2 Å². The molecule has 4 heteroatoms. The van der Waals surface area contributed by atoms with Crippen LogP contribution in [0.4, 0.5) is 0 Å². The third-order valence-corrected chi connectivity index (χ3v) is 1.93. The molecule has 0 spiro atoms. The second-order valence-corrected chi connectivity index (χ2v) is 2.75. The first-order valence-electron chi connectivity index (χ1n) is 3.23. The van der Waals surface area contributed by atoms with Crippen molar-refractivity contribution < 1.29 is 0 Å². The van der Waals surface area contributed by atoms with Gasteiger partial charge < -0.3 is 0 Å². The molecule has 3 nitrogen and oxygen atoms in total. The number of aromatic nitrogens is 3. The van der Waals surface area contributed by atoms with Crippen molar-refractivity contribution in [3.05, 3.63) is 23.1 Å². The van der Waals surface area contributed by atoms with E-state index in [4.69, 9.17) is 11.6 Å². The predicted octanol–water partition coefficient (Wildman–Crippen LogP) is 1.92. The highest BCUT2D eigenvalue weighted by Gasteiger charge is 2.03. The van der Waals surface area contributed by atoms with Gasteiger partial charge in [-0.25, -0.2) is 4.98 Å². The van der Waals surface area contributed by atoms with Gasteiger partial charge in [0.15, 0.2) is 5.15 Å². The summed E-state index contributed by atoms with van der Waals surface area (Å²) in [5, 5.41) is 8.17. The predicted molar refractivity (Wildman–Crippen MR) is 43.6 cm³/mol. The minimum Gasteiger partial charge on any atom is -0.275 e. The summed E-state index contributed by atoms with van der Waals surface area (Å²) in [6, 6.07) is 0. The van der Waals surface area contributed by atoms with Crippen molar-refractivity contribution in [3.8, 4) is 0 Å². The molecule has 0 aromatic carbocycles. The van der Waals surface area contributed by atoms with E-state index in [1.165, 1.54) is 0 Å². The quantitative estimate of drug-likeness (QED) is 0.609. The lowest BCUT2D eigenvalue weighted by atomic mass is 10.2. The van der Waals surface area contributed by atoms with Crippen LogP contribution in [0.3, 0.4) is 0 Å². The minimum absolute atomic E-state index is 0.475. The van der Waals surface area contributed by atoms with Gasteiger partial charge in [0.25, 0.3) is 0 Å². The van der Waals surface area contributed by atoms with E-state index < -0.39 is 0 Å². The Balaban J connectivity index is 2.96. The van der Waals surface area contributed by atoms with E-state index in [1.54, 1.807) is 12.4 Å². The molecule has 0 amide bonds. The van der Waals surface area contributed by atoms with E-state index in [0.717, 1.165) is 16.5 Å². The molecule has 2 heterocycles. The second-order valence-electron chi connectivity index (χ2n) is 2.39. The number of aromatic amines is 1. The van der Waals surface area contributed by atoms with Gasteiger partial charge in [-0.3, -0.25) is 5.10 Å². The monoisotopic (exact) mass is 167 g/mol. The molecule has 1 N–H and O–H groups in total. The minimum atomic E-state index is 0.475. The average molecular weight is 168 g/mol. The average Bonchev–Trinajstić information content (AvgIpc) is 2.45. The Morgan fingerprint density at radius 3 is 3.00 bits per heavy atom. The van der Waals surface area contributed by atoms with E-state index in [2.05, 4.69) is 15.2 Å². The Morgan fingerprint density at radius 1 is 1.45 bits per heavy atom. The number of rotatable bonds is 0. The number of pyridine rings is 1. The molecular weight excluding hydrogens is 162 g/mol. The van der Waals surface area contributed by atoms with Crippen LogP contribution in [0.15, 0.2) is 12.4 Å². The largest absolute Gasteiger partial charge is 0.275 e. The molecule has 2 aromatic heterocycles. The standard InChI is InChI=1S/C7H6ClN3/c1-4-2-9-7(8)6-5(4)3-10-11-6/h2-3H,1H3,(H,10,11). The lowest BCUT2D eigenvalue weighted by Crippen LogP contribution is -1.80. The maximum atomic E-state index is 5.79. The fraction of sp³-hybridized carbons (Fsp3) is 0.143. The molecule has 0 aliphatic carbocycles. The van der Waals surface area contributed by atoms with Crippen LogP contribution in [0.5, 0.6) is 0 Å². The molecule has 56 valence electrons. The summed E-state index contributed by atoms with van der Waals surface area (Å²) in [5.74, 6) is 0. The number of aryl methyl sites for hydroxylation is 1. The number of H-pyrrole nitrogens is 1. The number of hydrogen-bond acceptors (Lipinski definition) is 2. The first-order chi connectivity index (χ1) is 5.29. The van der Waals surface area contributed by atoms with Crippen LogP contribution in [0.1, 0.15) is 5.56 Å². The van der Waals surface area contributed by atoms with Gasteiger partial charge in [0.2, 0.25) is 0 Å². The summed E-state index contributed by atoms with van der Waals surface area (Å²) >= 11 is 5.79. The Labute approximate surface area is 68.4 Å². The van der Waals surface area contributed by atoms with Crippen molar-refractivity contribution in [1.29, 1.82) is 0 Å². The van der Waals surface area contributed by atoms with Gasteiger partial charge in [-0.1, -0.05) is 11.6 Å². The van der Waals surface area contributed by atoms with E-state index in [1.807, 2.05) is 6.92 Å². The number of hydrogen-bond donors (Lipinski definition) is 1. The van der Waals surface area contributed by atoms with Crippen LogP contribution in [0.25, 0.3) is 10.9 Å². The first-order valence-corrected chi connectivity index (χ1v) is 3.61. The van der Waals surface area contributed by atoms with Crippen LogP contribution in [-0.4, -0.2) is 15.2 Å². The summed E-state index contributed by atoms with van der Waals surface area (Å²) in [6.07, 6.45) is 3.48. The lowest BCUT2D eigenvalue weighted by molar-refractivity contribution is 1.11. The van der Waals surface area contributed by atoms with E-state index in [0.29, 0.717) is 5.15 Å². The number of nitrogens with one attached hydrogen (secondary N) is 1. The number of halogens is 1. The molecule has 2 rings (SSSR count). The van der Waals surface area contributed by atoms with Crippen molar-refractivity contribution in [3.63, 3.8) is 0 Å². The second kappa shape index (κ2) is 2.20. The van der Waals surface area contributed by atoms with E-state index in [9.17, 15) is 0 Å². The van der Waals surface area contributed by atoms with Gasteiger partial charge in [0.1, 0.15) is 5.52 Å². The highest BCUT2D eigenvalue weighted by molar-refractivity contribution is 6.33. The third-order valence-electron chi connectivity index (χ3n) is 1.64. The fourth-order valence-corrected chi connectivity index (χ4v) is 1.22. The van der Waals surface area contributed by atoms with E-state index >= 15 is 0 Å². The molecule has 0 atom stereocenters. The maximum absolute atomic E-state index is 5.79. The zero-order valence-electron chi connectivity index (χ0n) is 5.93. The maximum Gasteiger partial charge on any atom is 0.154 e. The van der Waals surface area contributed by atoms with Crippen molar-refractivity contribution in [2.24, 2.45) is 0 Å². The molecule has 0 aliphatic heterocycles. The van der Waals surface area contributed by atoms with Gasteiger partial charge in [0.05, 0.1) is 6.20 Å². The fourth-order valence-electron chi connectivity index (χ4n) is 1.03. The van der Waals surface area contributed by atoms with Crippen molar-refractivity contribution >= 4 is 22.5 Å². The molecule has 0 saturated carbocycles. The summed E-state index contributed by atoms with van der Waals surface area (Å²) in [7, 11) is 0. The highest BCUT2D eigenvalue weighted by atomic mass is 35.5. The topological polar surface area (TPSA) is 41.6 Å². The van der Waals surface area contributed by atoms with Gasteiger partial charge in [-0.15, -0.1) is 0 Å². The molecule has 0 radical (unpaired) electrons. The molecular formula is C7H6ClN3. The molecule has 0 unspecified atom stereocenters. The number of nitrogens with zero attached hydrogens (tertiary/aromatic N) is 2. The van der Waals surface area contributed by atoms with Gasteiger partial charge in [-0.2, -0.15) is 5.10 Å². The zero-order chi connectivity index (χ0) is 7.84. The van der Waals surface area contributed by atoms with Gasteiger partial charge >= 0.3 is 0 Å². The Kier molecular flexibility index (Phi) is 1.32. The summed E-state index contributed by atoms with van der Waals surface area (Å²) in [6.45, 7) is 1.97. The normalized spacial score (nSPS) is 10.7. The lowest BCUT2D eigenvalue weighted by Gasteiger charge is -1.94. The van der Waals surface area contributed by atoms with Crippen LogP contribution in [0, 0.1) is 6.92 Å². The zero-order valence-corrected chi connectivity index (χ0v) is 6.68. The Hall–Kier alpha value is -1.09. The first kappa shape index (κ1) is 6.61. The Morgan fingerprint density at radius 2 is 2.27 bits per heavy atom. The smallest absolute Gasteiger partial charge is 0.154 e. The molecule has 2 aromatic rings. The van der Waals surface area contributed by atoms with Gasteiger partial charge in [-0.05, 0) is 12.5 Å². The summed E-state index contributed by atoms with van der Waals surface area (Å²) in [5.41, 5.74) is 1.89. The van der Waals surface area contributed by atoms with Crippen molar-refractivity contribution in [2.45, 2.75) is 6.92 Å². The van der Waals surface area contributed by atoms with E-state index in [-0.39, 0.29) is 0 Å². The molecule has 0 aliphatic rings. The molecule has 0 saturated heterocycles. The summed E-state index contributed by atoms with van der Waals surface area (Å²) in [4.78, 5) is 3.97. The van der Waals surface area contributed by atoms with Crippen LogP contribution < -0.4 is 0 Å². The van der Waals surface area contributed by atoms with Crippen LogP contribution >= 0.6 is 11.6 Å². The SMILES string of the molecule is Cc1cnc(Cl)c2[nH]ncc12. The van der Waals surface area contributed by atoms with Crippen LogP contribution in [0.2, 0.25) is 5.15 Å². The van der Waals surface area contributed by atoms with Gasteiger partial charge in [0, 0.05) is 11.6 Å². The van der Waals surface area contributed by atoms with Crippen LogP contribution in [-0.2, 0) is 0 Å². The number of fused-ring (bicyclic) bond motifs is 1.